The van der Waals surface area contributed by atoms with Crippen molar-refractivity contribution in [1.29, 1.82) is 0 Å². The molecule has 3 rings (SSSR count). The lowest BCUT2D eigenvalue weighted by atomic mass is 9.99. The van der Waals surface area contributed by atoms with Crippen LogP contribution in [0.2, 0.25) is 5.02 Å². The minimum Gasteiger partial charge on any atom is -0.317 e. The van der Waals surface area contributed by atoms with Gasteiger partial charge in [-0.2, -0.15) is 0 Å². The maximum absolute atomic E-state index is 6.07. The van der Waals surface area contributed by atoms with Crippen LogP contribution in [-0.4, -0.2) is 14.8 Å². The predicted molar refractivity (Wildman–Crippen MR) is 76.9 cm³/mol. The minimum absolute atomic E-state index is 0.727. The molecule has 0 saturated heterocycles. The molecule has 0 atom stereocenters. The van der Waals surface area contributed by atoms with E-state index in [2.05, 4.69) is 16.3 Å². The molecule has 4 heteroatoms. The van der Waals surface area contributed by atoms with Crippen molar-refractivity contribution in [3.05, 3.63) is 59.9 Å². The lowest BCUT2D eigenvalue weighted by Gasteiger charge is -2.09. The Morgan fingerprint density at radius 2 is 1.79 bits per heavy atom. The zero-order valence-electron chi connectivity index (χ0n) is 10.4. The Kier molecular flexibility index (Phi) is 3.05. The highest BCUT2D eigenvalue weighted by atomic mass is 35.5. The summed E-state index contributed by atoms with van der Waals surface area (Å²) in [6.07, 6.45) is 1.70. The molecule has 0 N–H and O–H groups in total. The molecule has 0 fully saturated rings. The maximum Gasteiger partial charge on any atom is 0.164 e. The molecular weight excluding hydrogens is 258 g/mol. The van der Waals surface area contributed by atoms with Gasteiger partial charge in [0.05, 0.1) is 0 Å². The van der Waals surface area contributed by atoms with Crippen LogP contribution in [0.15, 0.2) is 54.9 Å². The van der Waals surface area contributed by atoms with Crippen LogP contribution in [0.5, 0.6) is 0 Å². The molecule has 0 saturated carbocycles. The molecule has 0 unspecified atom stereocenters. The summed E-state index contributed by atoms with van der Waals surface area (Å²) in [7, 11) is 1.93. The van der Waals surface area contributed by atoms with Gasteiger partial charge in [0.25, 0.3) is 0 Å². The Morgan fingerprint density at radius 1 is 1.00 bits per heavy atom. The zero-order chi connectivity index (χ0) is 13.2. The zero-order valence-corrected chi connectivity index (χ0v) is 11.2. The number of hydrogen-bond donors (Lipinski definition) is 0. The van der Waals surface area contributed by atoms with Crippen LogP contribution >= 0.6 is 11.6 Å². The normalized spacial score (nSPS) is 10.6. The topological polar surface area (TPSA) is 30.7 Å². The predicted octanol–water partition coefficient (Wildman–Crippen LogP) is 3.80. The molecule has 0 bridgehead atoms. The van der Waals surface area contributed by atoms with Gasteiger partial charge >= 0.3 is 0 Å². The molecule has 1 aromatic heterocycles. The van der Waals surface area contributed by atoms with Gasteiger partial charge in [-0.25, -0.2) is 0 Å². The van der Waals surface area contributed by atoms with Crippen molar-refractivity contribution in [2.75, 3.05) is 0 Å². The highest BCUT2D eigenvalue weighted by Gasteiger charge is 2.11. The van der Waals surface area contributed by atoms with Gasteiger partial charge < -0.3 is 4.57 Å². The van der Waals surface area contributed by atoms with Gasteiger partial charge in [0.1, 0.15) is 6.33 Å². The highest BCUT2D eigenvalue weighted by molar-refractivity contribution is 6.30. The van der Waals surface area contributed by atoms with Gasteiger partial charge in [-0.1, -0.05) is 48.0 Å². The van der Waals surface area contributed by atoms with Gasteiger partial charge in [0, 0.05) is 17.6 Å². The summed E-state index contributed by atoms with van der Waals surface area (Å²) < 4.78 is 1.91. The van der Waals surface area contributed by atoms with Gasteiger partial charge in [0.2, 0.25) is 0 Å². The molecule has 1 heterocycles. The summed E-state index contributed by atoms with van der Waals surface area (Å²) in [6, 6.07) is 15.9. The molecule has 0 aliphatic carbocycles. The van der Waals surface area contributed by atoms with E-state index in [1.165, 1.54) is 0 Å². The molecule has 94 valence electrons. The first kappa shape index (κ1) is 11.9. The van der Waals surface area contributed by atoms with E-state index in [1.807, 2.05) is 54.1 Å². The largest absolute Gasteiger partial charge is 0.317 e. The van der Waals surface area contributed by atoms with Gasteiger partial charge in [-0.3, -0.25) is 0 Å². The third-order valence-corrected chi connectivity index (χ3v) is 3.25. The number of benzene rings is 2. The van der Waals surface area contributed by atoms with Gasteiger partial charge in [0.15, 0.2) is 5.82 Å². The molecule has 3 nitrogen and oxygen atoms in total. The first-order valence-electron chi connectivity index (χ1n) is 5.95. The van der Waals surface area contributed by atoms with Crippen LogP contribution in [0.3, 0.4) is 0 Å². The third kappa shape index (κ3) is 2.25. The number of aromatic nitrogens is 3. The Morgan fingerprint density at radius 3 is 2.47 bits per heavy atom. The SMILES string of the molecule is Cn1cnnc1-c1ccccc1-c1cccc(Cl)c1. The first-order chi connectivity index (χ1) is 9.25. The maximum atomic E-state index is 6.07. The van der Waals surface area contributed by atoms with E-state index in [1.54, 1.807) is 6.33 Å². The van der Waals surface area contributed by atoms with Crippen LogP contribution in [0.4, 0.5) is 0 Å². The average molecular weight is 270 g/mol. The summed E-state index contributed by atoms with van der Waals surface area (Å²) >= 11 is 6.07. The molecule has 0 aliphatic heterocycles. The minimum atomic E-state index is 0.727. The fraction of sp³-hybridized carbons (Fsp3) is 0.0667. The molecular formula is C15H12ClN3. The summed E-state index contributed by atoms with van der Waals surface area (Å²) in [4.78, 5) is 0. The van der Waals surface area contributed by atoms with Crippen molar-refractivity contribution < 1.29 is 0 Å². The average Bonchev–Trinajstić information content (AvgIpc) is 2.85. The fourth-order valence-electron chi connectivity index (χ4n) is 2.11. The first-order valence-corrected chi connectivity index (χ1v) is 6.33. The van der Waals surface area contributed by atoms with Crippen molar-refractivity contribution in [3.63, 3.8) is 0 Å². The van der Waals surface area contributed by atoms with E-state index in [-0.39, 0.29) is 0 Å². The lowest BCUT2D eigenvalue weighted by Crippen LogP contribution is -1.93. The molecule has 19 heavy (non-hydrogen) atoms. The van der Waals surface area contributed by atoms with Gasteiger partial charge in [-0.15, -0.1) is 10.2 Å². The lowest BCUT2D eigenvalue weighted by molar-refractivity contribution is 0.920. The van der Waals surface area contributed by atoms with Crippen molar-refractivity contribution in [3.8, 4) is 22.5 Å². The number of hydrogen-bond acceptors (Lipinski definition) is 2. The molecule has 0 aliphatic rings. The Balaban J connectivity index is 2.21. The van der Waals surface area contributed by atoms with Crippen LogP contribution in [0, 0.1) is 0 Å². The smallest absolute Gasteiger partial charge is 0.164 e. The van der Waals surface area contributed by atoms with Crippen molar-refractivity contribution in [1.82, 2.24) is 14.8 Å². The number of rotatable bonds is 2. The van der Waals surface area contributed by atoms with E-state index in [0.29, 0.717) is 0 Å². The molecule has 0 radical (unpaired) electrons. The van der Waals surface area contributed by atoms with Crippen LogP contribution in [-0.2, 0) is 7.05 Å². The van der Waals surface area contributed by atoms with E-state index >= 15 is 0 Å². The van der Waals surface area contributed by atoms with Gasteiger partial charge in [-0.05, 0) is 23.3 Å². The van der Waals surface area contributed by atoms with E-state index in [4.69, 9.17) is 11.6 Å². The second-order valence-corrected chi connectivity index (χ2v) is 4.76. The van der Waals surface area contributed by atoms with Crippen molar-refractivity contribution in [2.24, 2.45) is 7.05 Å². The monoisotopic (exact) mass is 269 g/mol. The van der Waals surface area contributed by atoms with Crippen LogP contribution < -0.4 is 0 Å². The van der Waals surface area contributed by atoms with Crippen molar-refractivity contribution >= 4 is 11.6 Å². The molecule has 2 aromatic carbocycles. The number of aryl methyl sites for hydroxylation is 1. The summed E-state index contributed by atoms with van der Waals surface area (Å²) in [5, 5.41) is 8.84. The fourth-order valence-corrected chi connectivity index (χ4v) is 2.30. The third-order valence-electron chi connectivity index (χ3n) is 3.01. The number of nitrogens with zero attached hydrogens (tertiary/aromatic N) is 3. The summed E-state index contributed by atoms with van der Waals surface area (Å²) in [5.41, 5.74) is 3.22. The highest BCUT2D eigenvalue weighted by Crippen LogP contribution is 2.31. The van der Waals surface area contributed by atoms with Crippen LogP contribution in [0.1, 0.15) is 0 Å². The Bertz CT molecular complexity index is 719. The summed E-state index contributed by atoms with van der Waals surface area (Å²) in [5.74, 6) is 0.843. The van der Waals surface area contributed by atoms with E-state index in [9.17, 15) is 0 Å². The number of halogens is 1. The molecule has 3 aromatic rings. The Labute approximate surface area is 116 Å². The standard InChI is InChI=1S/C15H12ClN3/c1-19-10-17-18-15(19)14-8-3-2-7-13(14)11-5-4-6-12(16)9-11/h2-10H,1H3. The molecule has 0 amide bonds. The second kappa shape index (κ2) is 4.86. The quantitative estimate of drug-likeness (QED) is 0.708. The van der Waals surface area contributed by atoms with E-state index < -0.39 is 0 Å². The van der Waals surface area contributed by atoms with Crippen LogP contribution in [0.25, 0.3) is 22.5 Å². The summed E-state index contributed by atoms with van der Waals surface area (Å²) in [6.45, 7) is 0. The second-order valence-electron chi connectivity index (χ2n) is 4.32. The molecule has 0 spiro atoms. The van der Waals surface area contributed by atoms with E-state index in [0.717, 1.165) is 27.5 Å². The van der Waals surface area contributed by atoms with Crippen molar-refractivity contribution in [2.45, 2.75) is 0 Å². The Hall–Kier alpha value is -2.13.